The smallest absolute Gasteiger partial charge is 0.137 e. The van der Waals surface area contributed by atoms with E-state index in [0.717, 1.165) is 37.4 Å². The number of pyridine rings is 1. The highest BCUT2D eigenvalue weighted by Gasteiger charge is 2.18. The van der Waals surface area contributed by atoms with E-state index in [1.807, 2.05) is 30.1 Å². The third-order valence-electron chi connectivity index (χ3n) is 5.44. The van der Waals surface area contributed by atoms with Crippen molar-refractivity contribution < 1.29 is 0 Å². The molecule has 28 heavy (non-hydrogen) atoms. The lowest BCUT2D eigenvalue weighted by atomic mass is 9.99. The number of nitrogens with zero attached hydrogens (tertiary/aromatic N) is 4. The third kappa shape index (κ3) is 3.14. The molecular formula is C23H23N5. The molecule has 4 aromatic rings. The first-order valence-electron chi connectivity index (χ1n) is 9.70. The Kier molecular flexibility index (Phi) is 4.29. The van der Waals surface area contributed by atoms with E-state index in [4.69, 9.17) is 5.10 Å². The van der Waals surface area contributed by atoms with Gasteiger partial charge in [0.1, 0.15) is 5.65 Å². The molecule has 5 heteroatoms. The van der Waals surface area contributed by atoms with Gasteiger partial charge in [0.25, 0.3) is 0 Å². The molecule has 3 aromatic heterocycles. The number of nitrogens with one attached hydrogen (secondary N) is 1. The Hall–Kier alpha value is -3.18. The molecule has 1 aliphatic heterocycles. The van der Waals surface area contributed by atoms with Crippen molar-refractivity contribution in [2.24, 2.45) is 7.05 Å². The molecule has 0 bridgehead atoms. The van der Waals surface area contributed by atoms with Crippen molar-refractivity contribution in [1.82, 2.24) is 24.6 Å². The zero-order chi connectivity index (χ0) is 18.9. The maximum Gasteiger partial charge on any atom is 0.137 e. The van der Waals surface area contributed by atoms with E-state index in [2.05, 4.69) is 63.7 Å². The third-order valence-corrected chi connectivity index (χ3v) is 5.44. The minimum Gasteiger partial charge on any atom is -0.346 e. The van der Waals surface area contributed by atoms with Gasteiger partial charge in [-0.3, -0.25) is 9.58 Å². The molecule has 0 fully saturated rings. The lowest BCUT2D eigenvalue weighted by Gasteiger charge is -2.26. The summed E-state index contributed by atoms with van der Waals surface area (Å²) >= 11 is 0. The zero-order valence-electron chi connectivity index (χ0n) is 16.0. The van der Waals surface area contributed by atoms with Gasteiger partial charge in [0.05, 0.1) is 5.69 Å². The average Bonchev–Trinajstić information content (AvgIpc) is 3.33. The average molecular weight is 369 g/mol. The summed E-state index contributed by atoms with van der Waals surface area (Å²) in [7, 11) is 2.00. The summed E-state index contributed by atoms with van der Waals surface area (Å²) in [6.07, 6.45) is 9.47. The Labute approximate surface area is 164 Å². The SMILES string of the molecule is Cn1cc(CN2CC=C(c3c[nH]c4ncccc34)CC2)c(-c2ccccc2)n1. The van der Waals surface area contributed by atoms with Gasteiger partial charge >= 0.3 is 0 Å². The monoisotopic (exact) mass is 369 g/mol. The molecule has 1 N–H and O–H groups in total. The molecule has 0 unspecified atom stereocenters. The number of aryl methyl sites for hydroxylation is 1. The van der Waals surface area contributed by atoms with Crippen LogP contribution in [-0.4, -0.2) is 37.7 Å². The fraction of sp³-hybridized carbons (Fsp3) is 0.217. The van der Waals surface area contributed by atoms with Gasteiger partial charge in [0.15, 0.2) is 0 Å². The number of fused-ring (bicyclic) bond motifs is 1. The molecule has 5 nitrogen and oxygen atoms in total. The van der Waals surface area contributed by atoms with E-state index >= 15 is 0 Å². The molecule has 0 saturated carbocycles. The van der Waals surface area contributed by atoms with Gasteiger partial charge in [-0.1, -0.05) is 36.4 Å². The lowest BCUT2D eigenvalue weighted by Crippen LogP contribution is -2.28. The summed E-state index contributed by atoms with van der Waals surface area (Å²) in [4.78, 5) is 10.2. The number of benzene rings is 1. The Bertz CT molecular complexity index is 1140. The van der Waals surface area contributed by atoms with Gasteiger partial charge in [0.2, 0.25) is 0 Å². The van der Waals surface area contributed by atoms with Gasteiger partial charge in [-0.2, -0.15) is 5.10 Å². The number of H-pyrrole nitrogens is 1. The first-order chi connectivity index (χ1) is 13.8. The van der Waals surface area contributed by atoms with Crippen LogP contribution in [0.1, 0.15) is 17.5 Å². The topological polar surface area (TPSA) is 49.7 Å². The quantitative estimate of drug-likeness (QED) is 0.585. The molecular weight excluding hydrogens is 346 g/mol. The molecule has 0 aliphatic carbocycles. The van der Waals surface area contributed by atoms with Crippen LogP contribution in [0.5, 0.6) is 0 Å². The molecule has 1 aliphatic rings. The second-order valence-electron chi connectivity index (χ2n) is 7.36. The van der Waals surface area contributed by atoms with Crippen LogP contribution in [0.3, 0.4) is 0 Å². The van der Waals surface area contributed by atoms with Gasteiger partial charge in [-0.15, -0.1) is 0 Å². The standard InChI is InChI=1S/C23H23N5/c1-27-15-19(22(26-27)18-6-3-2-4-7-18)16-28-12-9-17(10-13-28)21-14-25-23-20(21)8-5-11-24-23/h2-9,11,14-15H,10,12-13,16H2,1H3,(H,24,25). The van der Waals surface area contributed by atoms with Crippen molar-refractivity contribution in [2.45, 2.75) is 13.0 Å². The summed E-state index contributed by atoms with van der Waals surface area (Å²) in [5, 5.41) is 5.91. The first-order valence-corrected chi connectivity index (χ1v) is 9.70. The van der Waals surface area contributed by atoms with Crippen LogP contribution in [-0.2, 0) is 13.6 Å². The van der Waals surface area contributed by atoms with Crippen LogP contribution in [0.2, 0.25) is 0 Å². The predicted molar refractivity (Wildman–Crippen MR) is 113 cm³/mol. The van der Waals surface area contributed by atoms with Gasteiger partial charge < -0.3 is 4.98 Å². The van der Waals surface area contributed by atoms with Crippen molar-refractivity contribution in [3.8, 4) is 11.3 Å². The van der Waals surface area contributed by atoms with Crippen molar-refractivity contribution in [2.75, 3.05) is 13.1 Å². The van der Waals surface area contributed by atoms with Crippen molar-refractivity contribution >= 4 is 16.6 Å². The van der Waals surface area contributed by atoms with Crippen molar-refractivity contribution in [3.63, 3.8) is 0 Å². The van der Waals surface area contributed by atoms with E-state index in [-0.39, 0.29) is 0 Å². The largest absolute Gasteiger partial charge is 0.346 e. The minimum absolute atomic E-state index is 0.914. The van der Waals surface area contributed by atoms with E-state index in [1.54, 1.807) is 0 Å². The van der Waals surface area contributed by atoms with E-state index in [0.29, 0.717) is 0 Å². The number of hydrogen-bond donors (Lipinski definition) is 1. The van der Waals surface area contributed by atoms with Crippen LogP contribution in [0.4, 0.5) is 0 Å². The molecule has 140 valence electrons. The molecule has 0 spiro atoms. The molecule has 5 rings (SSSR count). The molecule has 1 aromatic carbocycles. The van der Waals surface area contributed by atoms with Crippen LogP contribution in [0.25, 0.3) is 27.9 Å². The summed E-state index contributed by atoms with van der Waals surface area (Å²) in [5.74, 6) is 0. The number of hydrogen-bond acceptors (Lipinski definition) is 3. The Balaban J connectivity index is 1.36. The van der Waals surface area contributed by atoms with Crippen molar-refractivity contribution in [1.29, 1.82) is 0 Å². The normalized spacial score (nSPS) is 15.1. The van der Waals surface area contributed by atoms with E-state index < -0.39 is 0 Å². The minimum atomic E-state index is 0.914. The van der Waals surface area contributed by atoms with Crippen LogP contribution < -0.4 is 0 Å². The van der Waals surface area contributed by atoms with Crippen LogP contribution in [0.15, 0.2) is 67.1 Å². The number of aromatic nitrogens is 4. The van der Waals surface area contributed by atoms with E-state index in [1.165, 1.54) is 27.6 Å². The molecule has 0 atom stereocenters. The highest BCUT2D eigenvalue weighted by atomic mass is 15.3. The highest BCUT2D eigenvalue weighted by Crippen LogP contribution is 2.29. The second-order valence-corrected chi connectivity index (χ2v) is 7.36. The molecule has 0 radical (unpaired) electrons. The van der Waals surface area contributed by atoms with E-state index in [9.17, 15) is 0 Å². The molecule has 0 amide bonds. The Morgan fingerprint density at radius 1 is 1.11 bits per heavy atom. The fourth-order valence-corrected chi connectivity index (χ4v) is 4.05. The van der Waals surface area contributed by atoms with Gasteiger partial charge in [-0.05, 0) is 24.1 Å². The summed E-state index contributed by atoms with van der Waals surface area (Å²) < 4.78 is 1.92. The predicted octanol–water partition coefficient (Wildman–Crippen LogP) is 4.25. The maximum absolute atomic E-state index is 4.70. The summed E-state index contributed by atoms with van der Waals surface area (Å²) in [6, 6.07) is 14.6. The first kappa shape index (κ1) is 17.0. The number of rotatable bonds is 4. The Morgan fingerprint density at radius 2 is 2.00 bits per heavy atom. The highest BCUT2D eigenvalue weighted by molar-refractivity contribution is 5.90. The fourth-order valence-electron chi connectivity index (χ4n) is 4.05. The Morgan fingerprint density at radius 3 is 2.82 bits per heavy atom. The van der Waals surface area contributed by atoms with Gasteiger partial charge in [-0.25, -0.2) is 4.98 Å². The number of aromatic amines is 1. The van der Waals surface area contributed by atoms with Gasteiger partial charge in [0, 0.05) is 67.3 Å². The second kappa shape index (κ2) is 7.09. The lowest BCUT2D eigenvalue weighted by molar-refractivity contribution is 0.294. The molecule has 4 heterocycles. The molecule has 0 saturated heterocycles. The summed E-state index contributed by atoms with van der Waals surface area (Å²) in [6.45, 7) is 2.91. The van der Waals surface area contributed by atoms with Crippen LogP contribution >= 0.6 is 0 Å². The van der Waals surface area contributed by atoms with Crippen molar-refractivity contribution in [3.05, 3.63) is 78.3 Å². The zero-order valence-corrected chi connectivity index (χ0v) is 16.0. The summed E-state index contributed by atoms with van der Waals surface area (Å²) in [5.41, 5.74) is 7.20. The van der Waals surface area contributed by atoms with Crippen LogP contribution in [0, 0.1) is 0 Å². The maximum atomic E-state index is 4.70.